The van der Waals surface area contributed by atoms with Gasteiger partial charge in [0.15, 0.2) is 0 Å². The molecule has 0 aromatic carbocycles. The average molecular weight is 197 g/mol. The number of hydrogen-bond acceptors (Lipinski definition) is 2. The van der Waals surface area contributed by atoms with Gasteiger partial charge >= 0.3 is 5.97 Å². The van der Waals surface area contributed by atoms with Crippen molar-refractivity contribution in [3.8, 4) is 0 Å². The zero-order chi connectivity index (χ0) is 10.2. The van der Waals surface area contributed by atoms with Crippen molar-refractivity contribution in [3.05, 3.63) is 0 Å². The molecule has 1 aliphatic carbocycles. The lowest BCUT2D eigenvalue weighted by atomic mass is 9.69. The van der Waals surface area contributed by atoms with Crippen LogP contribution in [-0.4, -0.2) is 24.2 Å². The second kappa shape index (κ2) is 3.54. The fourth-order valence-corrected chi connectivity index (χ4v) is 3.23. The van der Waals surface area contributed by atoms with Crippen molar-refractivity contribution in [2.75, 3.05) is 13.1 Å². The molecule has 3 heteroatoms. The van der Waals surface area contributed by atoms with Gasteiger partial charge in [-0.15, -0.1) is 0 Å². The Bertz CT molecular complexity index is 235. The molecule has 1 aliphatic heterocycles. The first kappa shape index (κ1) is 9.97. The van der Waals surface area contributed by atoms with Gasteiger partial charge in [-0.1, -0.05) is 19.8 Å². The molecule has 2 fully saturated rings. The highest BCUT2D eigenvalue weighted by Crippen LogP contribution is 2.46. The lowest BCUT2D eigenvalue weighted by Gasteiger charge is -2.34. The van der Waals surface area contributed by atoms with Crippen LogP contribution in [0.2, 0.25) is 0 Å². The quantitative estimate of drug-likeness (QED) is 0.705. The molecule has 0 aromatic rings. The van der Waals surface area contributed by atoms with E-state index in [9.17, 15) is 4.79 Å². The zero-order valence-electron chi connectivity index (χ0n) is 8.75. The minimum absolute atomic E-state index is 0.00231. The molecule has 0 radical (unpaired) electrons. The molecule has 2 rings (SSSR count). The number of rotatable bonds is 2. The summed E-state index contributed by atoms with van der Waals surface area (Å²) in [4.78, 5) is 11.1. The van der Waals surface area contributed by atoms with E-state index in [2.05, 4.69) is 12.2 Å². The summed E-state index contributed by atoms with van der Waals surface area (Å²) in [6, 6.07) is 0. The van der Waals surface area contributed by atoms with E-state index in [4.69, 9.17) is 5.11 Å². The van der Waals surface area contributed by atoms with Crippen LogP contribution in [0.4, 0.5) is 0 Å². The monoisotopic (exact) mass is 197 g/mol. The first-order valence-corrected chi connectivity index (χ1v) is 5.58. The van der Waals surface area contributed by atoms with Crippen molar-refractivity contribution in [1.82, 2.24) is 5.32 Å². The maximum absolute atomic E-state index is 11.1. The fourth-order valence-electron chi connectivity index (χ4n) is 3.23. The van der Waals surface area contributed by atoms with Crippen molar-refractivity contribution in [2.45, 2.75) is 32.6 Å². The van der Waals surface area contributed by atoms with E-state index in [0.717, 1.165) is 6.54 Å². The summed E-state index contributed by atoms with van der Waals surface area (Å²) >= 11 is 0. The van der Waals surface area contributed by atoms with E-state index in [0.29, 0.717) is 12.5 Å². The Labute approximate surface area is 84.9 Å². The third-order valence-corrected chi connectivity index (χ3v) is 4.24. The Kier molecular flexibility index (Phi) is 2.52. The maximum Gasteiger partial charge on any atom is 0.308 e. The third kappa shape index (κ3) is 1.44. The van der Waals surface area contributed by atoms with Gasteiger partial charge in [-0.25, -0.2) is 0 Å². The van der Waals surface area contributed by atoms with Crippen LogP contribution in [0.5, 0.6) is 0 Å². The minimum atomic E-state index is -0.621. The highest BCUT2D eigenvalue weighted by atomic mass is 16.4. The second-order valence-electron chi connectivity index (χ2n) is 5.01. The predicted octanol–water partition coefficient (Wildman–Crippen LogP) is 1.49. The summed E-state index contributed by atoms with van der Waals surface area (Å²) in [6.07, 6.45) is 5.02. The molecule has 2 aliphatic rings. The van der Waals surface area contributed by atoms with Crippen LogP contribution in [0.25, 0.3) is 0 Å². The van der Waals surface area contributed by atoms with Gasteiger partial charge in [0.2, 0.25) is 0 Å². The molecule has 1 saturated heterocycles. The first-order valence-electron chi connectivity index (χ1n) is 5.58. The van der Waals surface area contributed by atoms with Gasteiger partial charge in [-0.3, -0.25) is 4.79 Å². The van der Waals surface area contributed by atoms with E-state index in [1.807, 2.05) is 0 Å². The standard InChI is InChI=1S/C11H19NO2/c1-11(8-4-2-3-5-8)7-12-6-9(11)10(13)14/h8-9,12H,2-7H2,1H3,(H,13,14). The fraction of sp³-hybridized carbons (Fsp3) is 0.909. The molecule has 0 aromatic heterocycles. The zero-order valence-corrected chi connectivity index (χ0v) is 8.75. The largest absolute Gasteiger partial charge is 0.481 e. The summed E-state index contributed by atoms with van der Waals surface area (Å²) in [5, 5.41) is 12.4. The van der Waals surface area contributed by atoms with E-state index < -0.39 is 5.97 Å². The normalized spacial score (nSPS) is 39.1. The number of carbonyl (C=O) groups is 1. The topological polar surface area (TPSA) is 49.3 Å². The van der Waals surface area contributed by atoms with Crippen molar-refractivity contribution in [3.63, 3.8) is 0 Å². The Balaban J connectivity index is 2.15. The van der Waals surface area contributed by atoms with Gasteiger partial charge in [0.1, 0.15) is 0 Å². The van der Waals surface area contributed by atoms with Crippen LogP contribution in [0, 0.1) is 17.3 Å². The van der Waals surface area contributed by atoms with Crippen LogP contribution >= 0.6 is 0 Å². The summed E-state index contributed by atoms with van der Waals surface area (Å²) in [7, 11) is 0. The van der Waals surface area contributed by atoms with Gasteiger partial charge in [-0.2, -0.15) is 0 Å². The van der Waals surface area contributed by atoms with Crippen molar-refractivity contribution < 1.29 is 9.90 Å². The molecule has 2 N–H and O–H groups in total. The van der Waals surface area contributed by atoms with Crippen LogP contribution < -0.4 is 5.32 Å². The van der Waals surface area contributed by atoms with E-state index in [1.54, 1.807) is 0 Å². The molecule has 14 heavy (non-hydrogen) atoms. The predicted molar refractivity (Wildman–Crippen MR) is 54.1 cm³/mol. The number of carboxylic acids is 1. The van der Waals surface area contributed by atoms with Crippen LogP contribution in [0.15, 0.2) is 0 Å². The third-order valence-electron chi connectivity index (χ3n) is 4.24. The molecular weight excluding hydrogens is 178 g/mol. The van der Waals surface area contributed by atoms with Gasteiger partial charge in [0, 0.05) is 13.1 Å². The van der Waals surface area contributed by atoms with E-state index in [-0.39, 0.29) is 11.3 Å². The second-order valence-corrected chi connectivity index (χ2v) is 5.01. The molecular formula is C11H19NO2. The molecule has 2 atom stereocenters. The Morgan fingerprint density at radius 2 is 2.07 bits per heavy atom. The molecule has 3 nitrogen and oxygen atoms in total. The number of nitrogens with one attached hydrogen (secondary N) is 1. The van der Waals surface area contributed by atoms with E-state index in [1.165, 1.54) is 25.7 Å². The Morgan fingerprint density at radius 3 is 2.64 bits per heavy atom. The van der Waals surface area contributed by atoms with Gasteiger partial charge < -0.3 is 10.4 Å². The minimum Gasteiger partial charge on any atom is -0.481 e. The smallest absolute Gasteiger partial charge is 0.308 e. The summed E-state index contributed by atoms with van der Waals surface area (Å²) in [6.45, 7) is 3.69. The average Bonchev–Trinajstić information content (AvgIpc) is 2.71. The first-order chi connectivity index (χ1) is 6.64. The number of carboxylic acid groups (broad SMARTS) is 1. The molecule has 1 saturated carbocycles. The van der Waals surface area contributed by atoms with Crippen LogP contribution in [-0.2, 0) is 4.79 Å². The Morgan fingerprint density at radius 1 is 1.43 bits per heavy atom. The highest BCUT2D eigenvalue weighted by Gasteiger charge is 2.48. The van der Waals surface area contributed by atoms with Crippen molar-refractivity contribution in [1.29, 1.82) is 0 Å². The maximum atomic E-state index is 11.1. The number of hydrogen-bond donors (Lipinski definition) is 2. The lowest BCUT2D eigenvalue weighted by Crippen LogP contribution is -2.37. The molecule has 2 unspecified atom stereocenters. The Hall–Kier alpha value is -0.570. The van der Waals surface area contributed by atoms with Gasteiger partial charge in [-0.05, 0) is 24.2 Å². The molecule has 0 bridgehead atoms. The SMILES string of the molecule is CC1(C2CCCC2)CNCC1C(=O)O. The molecule has 80 valence electrons. The van der Waals surface area contributed by atoms with Crippen LogP contribution in [0.1, 0.15) is 32.6 Å². The summed E-state index contributed by atoms with van der Waals surface area (Å²) in [5.41, 5.74) is 0.00231. The van der Waals surface area contributed by atoms with E-state index >= 15 is 0 Å². The van der Waals surface area contributed by atoms with Crippen molar-refractivity contribution in [2.24, 2.45) is 17.3 Å². The van der Waals surface area contributed by atoms with Gasteiger partial charge in [0.05, 0.1) is 5.92 Å². The van der Waals surface area contributed by atoms with Crippen LogP contribution in [0.3, 0.4) is 0 Å². The molecule has 0 amide bonds. The van der Waals surface area contributed by atoms with Crippen molar-refractivity contribution >= 4 is 5.97 Å². The summed E-state index contributed by atoms with van der Waals surface area (Å²) < 4.78 is 0. The summed E-state index contributed by atoms with van der Waals surface area (Å²) in [5.74, 6) is -0.173. The van der Waals surface area contributed by atoms with Gasteiger partial charge in [0.25, 0.3) is 0 Å². The molecule has 1 heterocycles. The number of aliphatic carboxylic acids is 1. The highest BCUT2D eigenvalue weighted by molar-refractivity contribution is 5.72. The lowest BCUT2D eigenvalue weighted by molar-refractivity contribution is -0.145. The molecule has 0 spiro atoms.